The van der Waals surface area contributed by atoms with Crippen molar-refractivity contribution in [3.63, 3.8) is 0 Å². The third-order valence-electron chi connectivity index (χ3n) is 7.09. The van der Waals surface area contributed by atoms with Crippen molar-refractivity contribution in [1.82, 2.24) is 10.6 Å². The van der Waals surface area contributed by atoms with E-state index in [0.717, 1.165) is 27.8 Å². The van der Waals surface area contributed by atoms with Gasteiger partial charge in [-0.2, -0.15) is 0 Å². The largest absolute Gasteiger partial charge is 0.481 e. The molecule has 9 nitrogen and oxygen atoms in total. The van der Waals surface area contributed by atoms with Crippen LogP contribution in [0.25, 0.3) is 11.1 Å². The molecule has 0 saturated carbocycles. The number of carbonyl (C=O) groups is 4. The summed E-state index contributed by atoms with van der Waals surface area (Å²) in [6.07, 6.45) is -1.64. The molecule has 1 aliphatic carbocycles. The van der Waals surface area contributed by atoms with Gasteiger partial charge in [0.2, 0.25) is 5.91 Å². The molecular weight excluding hydrogens is 524 g/mol. The Hall–Kier alpha value is -4.66. The normalized spacial score (nSPS) is 13.4. The van der Waals surface area contributed by atoms with Crippen molar-refractivity contribution in [2.75, 3.05) is 6.61 Å². The van der Waals surface area contributed by atoms with Crippen LogP contribution in [0.4, 0.5) is 4.79 Å². The van der Waals surface area contributed by atoms with Gasteiger partial charge in [-0.25, -0.2) is 4.79 Å². The first-order valence-electron chi connectivity index (χ1n) is 13.6. The summed E-state index contributed by atoms with van der Waals surface area (Å²) in [4.78, 5) is 50.1. The minimum atomic E-state index is -1.33. The Balaban J connectivity index is 1.43. The number of rotatable bonds is 12. The Kier molecular flexibility index (Phi) is 9.73. The maximum absolute atomic E-state index is 13.2. The SMILES string of the molecule is CC(C)[C@@H](CC(=O)O)NC(=O)[C@H](CC(=O)OCc1ccccc1)NC(=O)OCC1c2ccccc2-c2ccccc21. The van der Waals surface area contributed by atoms with Crippen molar-refractivity contribution >= 4 is 23.9 Å². The number of benzene rings is 3. The number of ether oxygens (including phenoxy) is 2. The predicted molar refractivity (Wildman–Crippen MR) is 152 cm³/mol. The number of carboxylic acid groups (broad SMARTS) is 1. The fourth-order valence-electron chi connectivity index (χ4n) is 4.88. The molecule has 4 rings (SSSR count). The van der Waals surface area contributed by atoms with Crippen LogP contribution >= 0.6 is 0 Å². The second-order valence-corrected chi connectivity index (χ2v) is 10.3. The fraction of sp³-hybridized carbons (Fsp3) is 0.312. The molecular formula is C32H34N2O7. The lowest BCUT2D eigenvalue weighted by Gasteiger charge is -2.24. The molecule has 9 heteroatoms. The summed E-state index contributed by atoms with van der Waals surface area (Å²) in [5, 5.41) is 14.4. The molecule has 1 aliphatic rings. The molecule has 0 aliphatic heterocycles. The van der Waals surface area contributed by atoms with E-state index in [1.54, 1.807) is 26.0 Å². The molecule has 0 heterocycles. The molecule has 214 valence electrons. The van der Waals surface area contributed by atoms with Gasteiger partial charge in [-0.1, -0.05) is 92.7 Å². The van der Waals surface area contributed by atoms with Crippen molar-refractivity contribution in [2.45, 2.75) is 51.3 Å². The van der Waals surface area contributed by atoms with Crippen LogP contribution < -0.4 is 10.6 Å². The van der Waals surface area contributed by atoms with Gasteiger partial charge in [0.25, 0.3) is 0 Å². The monoisotopic (exact) mass is 558 g/mol. The number of fused-ring (bicyclic) bond motifs is 3. The Labute approximate surface area is 238 Å². The van der Waals surface area contributed by atoms with Gasteiger partial charge in [0.05, 0.1) is 12.8 Å². The predicted octanol–water partition coefficient (Wildman–Crippen LogP) is 4.64. The zero-order valence-corrected chi connectivity index (χ0v) is 23.0. The second kappa shape index (κ2) is 13.6. The standard InChI is InChI=1S/C32H34N2O7/c1-20(2)27(16-29(35)36)33-31(38)28(17-30(37)40-18-21-10-4-3-5-11-21)34-32(39)41-19-26-24-14-8-6-12-22(24)23-13-7-9-15-25(23)26/h3-15,20,26-28H,16-19H2,1-2H3,(H,33,38)(H,34,39)(H,35,36)/t27-,28+/m1/s1. The van der Waals surface area contributed by atoms with E-state index in [4.69, 9.17) is 9.47 Å². The highest BCUT2D eigenvalue weighted by molar-refractivity contribution is 5.90. The molecule has 3 aromatic rings. The molecule has 2 atom stereocenters. The lowest BCUT2D eigenvalue weighted by molar-refractivity contribution is -0.147. The topological polar surface area (TPSA) is 131 Å². The first-order chi connectivity index (χ1) is 19.7. The third kappa shape index (κ3) is 7.72. The highest BCUT2D eigenvalue weighted by atomic mass is 16.5. The van der Waals surface area contributed by atoms with Gasteiger partial charge in [-0.15, -0.1) is 0 Å². The third-order valence-corrected chi connectivity index (χ3v) is 7.09. The molecule has 0 saturated heterocycles. The molecule has 0 radical (unpaired) electrons. The van der Waals surface area contributed by atoms with E-state index in [-0.39, 0.29) is 31.5 Å². The van der Waals surface area contributed by atoms with Crippen molar-refractivity contribution in [1.29, 1.82) is 0 Å². The van der Waals surface area contributed by atoms with Gasteiger partial charge in [-0.05, 0) is 33.7 Å². The summed E-state index contributed by atoms with van der Waals surface area (Å²) in [6, 6.07) is 22.8. The van der Waals surface area contributed by atoms with Crippen molar-refractivity contribution < 1.29 is 33.8 Å². The van der Waals surface area contributed by atoms with Gasteiger partial charge < -0.3 is 25.2 Å². The van der Waals surface area contributed by atoms with E-state index < -0.39 is 42.4 Å². The summed E-state index contributed by atoms with van der Waals surface area (Å²) >= 11 is 0. The number of carbonyl (C=O) groups excluding carboxylic acids is 3. The minimum Gasteiger partial charge on any atom is -0.481 e. The average molecular weight is 559 g/mol. The maximum Gasteiger partial charge on any atom is 0.407 e. The molecule has 3 N–H and O–H groups in total. The Morgan fingerprint density at radius 2 is 1.37 bits per heavy atom. The molecule has 2 amide bonds. The number of alkyl carbamates (subject to hydrolysis) is 1. The van der Waals surface area contributed by atoms with Gasteiger partial charge in [0, 0.05) is 12.0 Å². The zero-order valence-electron chi connectivity index (χ0n) is 23.0. The molecule has 0 fully saturated rings. The first kappa shape index (κ1) is 29.3. The van der Waals surface area contributed by atoms with Crippen LogP contribution in [-0.4, -0.2) is 47.7 Å². The Morgan fingerprint density at radius 1 is 0.780 bits per heavy atom. The summed E-state index contributed by atoms with van der Waals surface area (Å²) in [6.45, 7) is 3.58. The van der Waals surface area contributed by atoms with E-state index in [2.05, 4.69) is 10.6 Å². The van der Waals surface area contributed by atoms with Crippen molar-refractivity contribution in [3.05, 3.63) is 95.6 Å². The van der Waals surface area contributed by atoms with Gasteiger partial charge in [-0.3, -0.25) is 14.4 Å². The lowest BCUT2D eigenvalue weighted by atomic mass is 9.98. The van der Waals surface area contributed by atoms with E-state index in [0.29, 0.717) is 0 Å². The van der Waals surface area contributed by atoms with Crippen LogP contribution in [0.5, 0.6) is 0 Å². The van der Waals surface area contributed by atoms with Crippen LogP contribution in [0.1, 0.15) is 49.3 Å². The van der Waals surface area contributed by atoms with Gasteiger partial charge >= 0.3 is 18.0 Å². The summed E-state index contributed by atoms with van der Waals surface area (Å²) in [7, 11) is 0. The molecule has 3 aromatic carbocycles. The summed E-state index contributed by atoms with van der Waals surface area (Å²) < 4.78 is 10.9. The molecule has 0 bridgehead atoms. The smallest absolute Gasteiger partial charge is 0.407 e. The molecule has 0 aromatic heterocycles. The fourth-order valence-corrected chi connectivity index (χ4v) is 4.88. The molecule has 41 heavy (non-hydrogen) atoms. The number of amides is 2. The average Bonchev–Trinajstić information content (AvgIpc) is 3.28. The van der Waals surface area contributed by atoms with Crippen LogP contribution in [0, 0.1) is 5.92 Å². The first-order valence-corrected chi connectivity index (χ1v) is 13.6. The number of nitrogens with one attached hydrogen (secondary N) is 2. The Bertz CT molecular complexity index is 1340. The molecule has 0 unspecified atom stereocenters. The zero-order chi connectivity index (χ0) is 29.4. The number of hydrogen-bond acceptors (Lipinski definition) is 6. The van der Waals surface area contributed by atoms with Crippen molar-refractivity contribution in [3.8, 4) is 11.1 Å². The summed E-state index contributed by atoms with van der Waals surface area (Å²) in [5.41, 5.74) is 5.00. The lowest BCUT2D eigenvalue weighted by Crippen LogP contribution is -2.52. The van der Waals surface area contributed by atoms with E-state index >= 15 is 0 Å². The number of aliphatic carboxylic acids is 1. The number of esters is 1. The van der Waals surface area contributed by atoms with Gasteiger partial charge in [0.1, 0.15) is 19.3 Å². The van der Waals surface area contributed by atoms with Crippen molar-refractivity contribution in [2.24, 2.45) is 5.92 Å². The van der Waals surface area contributed by atoms with Crippen LogP contribution in [-0.2, 0) is 30.5 Å². The summed E-state index contributed by atoms with van der Waals surface area (Å²) in [5.74, 6) is -2.86. The van der Waals surface area contributed by atoms with Gasteiger partial charge in [0.15, 0.2) is 0 Å². The number of carboxylic acids is 1. The highest BCUT2D eigenvalue weighted by Crippen LogP contribution is 2.44. The second-order valence-electron chi connectivity index (χ2n) is 10.3. The van der Waals surface area contributed by atoms with Crippen LogP contribution in [0.2, 0.25) is 0 Å². The van der Waals surface area contributed by atoms with E-state index in [1.165, 1.54) is 0 Å². The minimum absolute atomic E-state index is 0.00654. The van der Waals surface area contributed by atoms with E-state index in [9.17, 15) is 24.3 Å². The molecule has 0 spiro atoms. The van der Waals surface area contributed by atoms with Crippen LogP contribution in [0.15, 0.2) is 78.9 Å². The van der Waals surface area contributed by atoms with E-state index in [1.807, 2.05) is 66.7 Å². The highest BCUT2D eigenvalue weighted by Gasteiger charge is 2.31. The Morgan fingerprint density at radius 3 is 1.95 bits per heavy atom. The quantitative estimate of drug-likeness (QED) is 0.276. The van der Waals surface area contributed by atoms with Crippen LogP contribution in [0.3, 0.4) is 0 Å². The maximum atomic E-state index is 13.2. The number of hydrogen-bond donors (Lipinski definition) is 3.